The van der Waals surface area contributed by atoms with Crippen molar-refractivity contribution in [2.24, 2.45) is 11.1 Å². The molecule has 18 heavy (non-hydrogen) atoms. The van der Waals surface area contributed by atoms with Crippen LogP contribution in [0.25, 0.3) is 0 Å². The minimum Gasteiger partial charge on any atom is -0.497 e. The predicted molar refractivity (Wildman–Crippen MR) is 70.2 cm³/mol. The Morgan fingerprint density at radius 2 is 1.94 bits per heavy atom. The van der Waals surface area contributed by atoms with Crippen LogP contribution in [0.3, 0.4) is 0 Å². The lowest BCUT2D eigenvalue weighted by Gasteiger charge is -2.23. The maximum absolute atomic E-state index is 11.9. The SMILES string of the molecule is CCC(C)(CN)C(=O)OCc1ccc(OC)cc1. The van der Waals surface area contributed by atoms with Crippen molar-refractivity contribution in [2.45, 2.75) is 26.9 Å². The summed E-state index contributed by atoms with van der Waals surface area (Å²) >= 11 is 0. The van der Waals surface area contributed by atoms with Crippen molar-refractivity contribution in [2.75, 3.05) is 13.7 Å². The number of esters is 1. The number of nitrogens with two attached hydrogens (primary N) is 1. The first-order valence-corrected chi connectivity index (χ1v) is 6.06. The summed E-state index contributed by atoms with van der Waals surface area (Å²) in [6, 6.07) is 7.42. The lowest BCUT2D eigenvalue weighted by atomic mass is 9.88. The van der Waals surface area contributed by atoms with E-state index in [0.29, 0.717) is 13.0 Å². The number of carbonyl (C=O) groups is 1. The normalized spacial score (nSPS) is 13.8. The summed E-state index contributed by atoms with van der Waals surface area (Å²) in [6.45, 7) is 4.31. The summed E-state index contributed by atoms with van der Waals surface area (Å²) in [4.78, 5) is 11.9. The van der Waals surface area contributed by atoms with E-state index in [1.165, 1.54) is 0 Å². The molecule has 0 fully saturated rings. The first-order valence-electron chi connectivity index (χ1n) is 6.06. The van der Waals surface area contributed by atoms with Crippen LogP contribution >= 0.6 is 0 Å². The highest BCUT2D eigenvalue weighted by atomic mass is 16.5. The lowest BCUT2D eigenvalue weighted by Crippen LogP contribution is -2.36. The van der Waals surface area contributed by atoms with E-state index in [2.05, 4.69) is 0 Å². The molecule has 1 aromatic carbocycles. The molecule has 4 nitrogen and oxygen atoms in total. The molecule has 0 aliphatic rings. The molecule has 1 aromatic rings. The Kier molecular flexibility index (Phi) is 5.16. The van der Waals surface area contributed by atoms with Crippen LogP contribution in [0.5, 0.6) is 5.75 Å². The monoisotopic (exact) mass is 251 g/mol. The largest absolute Gasteiger partial charge is 0.497 e. The van der Waals surface area contributed by atoms with Crippen LogP contribution in [0.15, 0.2) is 24.3 Å². The molecule has 2 N–H and O–H groups in total. The van der Waals surface area contributed by atoms with E-state index >= 15 is 0 Å². The summed E-state index contributed by atoms with van der Waals surface area (Å²) in [5, 5.41) is 0. The third kappa shape index (κ3) is 3.47. The third-order valence-corrected chi connectivity index (χ3v) is 3.25. The van der Waals surface area contributed by atoms with Crippen LogP contribution < -0.4 is 10.5 Å². The molecular weight excluding hydrogens is 230 g/mol. The van der Waals surface area contributed by atoms with E-state index in [1.807, 2.05) is 38.1 Å². The van der Waals surface area contributed by atoms with Crippen LogP contribution in [-0.4, -0.2) is 19.6 Å². The summed E-state index contributed by atoms with van der Waals surface area (Å²) in [5.74, 6) is 0.536. The molecule has 0 radical (unpaired) electrons. The van der Waals surface area contributed by atoms with Crippen molar-refractivity contribution >= 4 is 5.97 Å². The van der Waals surface area contributed by atoms with Gasteiger partial charge in [-0.2, -0.15) is 0 Å². The summed E-state index contributed by atoms with van der Waals surface area (Å²) in [7, 11) is 1.61. The molecule has 0 aromatic heterocycles. The number of hydrogen-bond acceptors (Lipinski definition) is 4. The van der Waals surface area contributed by atoms with Gasteiger partial charge < -0.3 is 15.2 Å². The van der Waals surface area contributed by atoms with E-state index in [9.17, 15) is 4.79 Å². The predicted octanol–water partition coefficient (Wildman–Crippen LogP) is 2.11. The Labute approximate surface area is 108 Å². The molecule has 1 rings (SSSR count). The Bertz CT molecular complexity index is 383. The molecule has 0 aliphatic heterocycles. The van der Waals surface area contributed by atoms with Gasteiger partial charge in [0.15, 0.2) is 0 Å². The number of benzene rings is 1. The van der Waals surface area contributed by atoms with Gasteiger partial charge in [-0.05, 0) is 31.0 Å². The molecule has 4 heteroatoms. The van der Waals surface area contributed by atoms with Gasteiger partial charge in [-0.25, -0.2) is 0 Å². The fourth-order valence-electron chi connectivity index (χ4n) is 1.42. The quantitative estimate of drug-likeness (QED) is 0.787. The maximum atomic E-state index is 11.9. The van der Waals surface area contributed by atoms with E-state index in [4.69, 9.17) is 15.2 Å². The zero-order valence-corrected chi connectivity index (χ0v) is 11.2. The third-order valence-electron chi connectivity index (χ3n) is 3.25. The summed E-state index contributed by atoms with van der Waals surface area (Å²) < 4.78 is 10.3. The number of carbonyl (C=O) groups excluding carboxylic acids is 1. The Morgan fingerprint density at radius 1 is 1.33 bits per heavy atom. The molecule has 0 amide bonds. The number of ether oxygens (including phenoxy) is 2. The first kappa shape index (κ1) is 14.5. The minimum absolute atomic E-state index is 0.247. The molecule has 0 bridgehead atoms. The second-order valence-corrected chi connectivity index (χ2v) is 4.54. The highest BCUT2D eigenvalue weighted by molar-refractivity contribution is 5.76. The number of methoxy groups -OCH3 is 1. The molecular formula is C14H21NO3. The van der Waals surface area contributed by atoms with Crippen LogP contribution in [0.2, 0.25) is 0 Å². The smallest absolute Gasteiger partial charge is 0.313 e. The Balaban J connectivity index is 2.56. The maximum Gasteiger partial charge on any atom is 0.313 e. The molecule has 1 atom stereocenters. The molecule has 0 saturated heterocycles. The van der Waals surface area contributed by atoms with E-state index in [1.54, 1.807) is 7.11 Å². The van der Waals surface area contributed by atoms with Gasteiger partial charge in [0.1, 0.15) is 12.4 Å². The first-order chi connectivity index (χ1) is 8.55. The molecule has 1 unspecified atom stereocenters. The fraction of sp³-hybridized carbons (Fsp3) is 0.500. The second-order valence-electron chi connectivity index (χ2n) is 4.54. The highest BCUT2D eigenvalue weighted by Gasteiger charge is 2.31. The average Bonchev–Trinajstić information content (AvgIpc) is 2.44. The fourth-order valence-corrected chi connectivity index (χ4v) is 1.42. The molecule has 100 valence electrons. The van der Waals surface area contributed by atoms with E-state index in [-0.39, 0.29) is 12.6 Å². The van der Waals surface area contributed by atoms with Crippen molar-refractivity contribution in [3.63, 3.8) is 0 Å². The van der Waals surface area contributed by atoms with Gasteiger partial charge >= 0.3 is 5.97 Å². The van der Waals surface area contributed by atoms with Crippen molar-refractivity contribution < 1.29 is 14.3 Å². The molecule has 0 spiro atoms. The van der Waals surface area contributed by atoms with Crippen LogP contribution in [0.1, 0.15) is 25.8 Å². The van der Waals surface area contributed by atoms with Gasteiger partial charge in [-0.15, -0.1) is 0 Å². The molecule has 0 aliphatic carbocycles. The highest BCUT2D eigenvalue weighted by Crippen LogP contribution is 2.22. The van der Waals surface area contributed by atoms with Gasteiger partial charge in [0.05, 0.1) is 12.5 Å². The Morgan fingerprint density at radius 3 is 2.39 bits per heavy atom. The lowest BCUT2D eigenvalue weighted by molar-refractivity contribution is -0.156. The van der Waals surface area contributed by atoms with Crippen molar-refractivity contribution in [3.8, 4) is 5.75 Å². The zero-order chi connectivity index (χ0) is 13.6. The minimum atomic E-state index is -0.591. The summed E-state index contributed by atoms with van der Waals surface area (Å²) in [5.41, 5.74) is 5.95. The van der Waals surface area contributed by atoms with Gasteiger partial charge in [-0.1, -0.05) is 19.1 Å². The average molecular weight is 251 g/mol. The molecule has 0 saturated carbocycles. The van der Waals surface area contributed by atoms with Crippen LogP contribution in [-0.2, 0) is 16.1 Å². The standard InChI is InChI=1S/C14H21NO3/c1-4-14(2,10-15)13(16)18-9-11-5-7-12(17-3)8-6-11/h5-8H,4,9-10,15H2,1-3H3. The van der Waals surface area contributed by atoms with Crippen molar-refractivity contribution in [3.05, 3.63) is 29.8 Å². The van der Waals surface area contributed by atoms with Gasteiger partial charge in [0.25, 0.3) is 0 Å². The van der Waals surface area contributed by atoms with Crippen molar-refractivity contribution in [1.82, 2.24) is 0 Å². The zero-order valence-electron chi connectivity index (χ0n) is 11.2. The topological polar surface area (TPSA) is 61.6 Å². The van der Waals surface area contributed by atoms with Crippen molar-refractivity contribution in [1.29, 1.82) is 0 Å². The molecule has 0 heterocycles. The van der Waals surface area contributed by atoms with Crippen LogP contribution in [0.4, 0.5) is 0 Å². The van der Waals surface area contributed by atoms with Crippen LogP contribution in [0, 0.1) is 5.41 Å². The summed E-state index contributed by atoms with van der Waals surface area (Å²) in [6.07, 6.45) is 0.672. The van der Waals surface area contributed by atoms with E-state index in [0.717, 1.165) is 11.3 Å². The second kappa shape index (κ2) is 6.40. The van der Waals surface area contributed by atoms with Gasteiger partial charge in [-0.3, -0.25) is 4.79 Å². The number of rotatable bonds is 6. The Hall–Kier alpha value is -1.55. The van der Waals surface area contributed by atoms with Gasteiger partial charge in [0.2, 0.25) is 0 Å². The number of hydrogen-bond donors (Lipinski definition) is 1. The van der Waals surface area contributed by atoms with Gasteiger partial charge in [0, 0.05) is 6.54 Å². The van der Waals surface area contributed by atoms with E-state index < -0.39 is 5.41 Å².